The van der Waals surface area contributed by atoms with Crippen molar-refractivity contribution >= 4 is 40.7 Å². The predicted octanol–water partition coefficient (Wildman–Crippen LogP) is 5.27. The van der Waals surface area contributed by atoms with Crippen LogP contribution in [0.1, 0.15) is 88.7 Å². The van der Waals surface area contributed by atoms with Crippen molar-refractivity contribution in [3.05, 3.63) is 32.7 Å². The molecule has 39 heavy (non-hydrogen) atoms. The zero-order valence-electron chi connectivity index (χ0n) is 24.2. The van der Waals surface area contributed by atoms with Gasteiger partial charge in [-0.15, -0.1) is 22.7 Å². The highest BCUT2D eigenvalue weighted by atomic mass is 32.1. The number of hydrogen-bond acceptors (Lipinski definition) is 8. The number of aromatic nitrogens is 2. The van der Waals surface area contributed by atoms with Gasteiger partial charge in [0.15, 0.2) is 0 Å². The van der Waals surface area contributed by atoms with Gasteiger partial charge in [0.2, 0.25) is 5.91 Å². The van der Waals surface area contributed by atoms with Crippen LogP contribution in [0.3, 0.4) is 0 Å². The fourth-order valence-electron chi connectivity index (χ4n) is 3.86. The van der Waals surface area contributed by atoms with E-state index in [0.717, 1.165) is 28.4 Å². The minimum atomic E-state index is -0.669. The zero-order chi connectivity index (χ0) is 28.9. The lowest BCUT2D eigenvalue weighted by Gasteiger charge is -2.28. The van der Waals surface area contributed by atoms with E-state index in [9.17, 15) is 14.4 Å². The molecule has 0 aliphatic rings. The number of urea groups is 1. The van der Waals surface area contributed by atoms with Crippen molar-refractivity contribution in [3.63, 3.8) is 0 Å². The van der Waals surface area contributed by atoms with Gasteiger partial charge in [-0.2, -0.15) is 0 Å². The molecule has 0 aliphatic heterocycles. The lowest BCUT2D eigenvalue weighted by Crippen LogP contribution is -2.54. The Morgan fingerprint density at radius 3 is 2.21 bits per heavy atom. The monoisotopic (exact) mass is 580 g/mol. The summed E-state index contributed by atoms with van der Waals surface area (Å²) in [6, 6.07) is -1.14. The van der Waals surface area contributed by atoms with Crippen molar-refractivity contribution in [1.82, 2.24) is 30.8 Å². The Morgan fingerprint density at radius 1 is 1.00 bits per heavy atom. The Morgan fingerprint density at radius 2 is 1.67 bits per heavy atom. The van der Waals surface area contributed by atoms with Crippen LogP contribution in [0.5, 0.6) is 0 Å². The first-order valence-corrected chi connectivity index (χ1v) is 15.4. The van der Waals surface area contributed by atoms with E-state index in [1.165, 1.54) is 11.3 Å². The van der Waals surface area contributed by atoms with Crippen molar-refractivity contribution in [1.29, 1.82) is 0 Å². The molecule has 12 heteroatoms. The number of rotatable bonds is 15. The summed E-state index contributed by atoms with van der Waals surface area (Å²) in [4.78, 5) is 49.3. The molecule has 2 rings (SSSR count). The van der Waals surface area contributed by atoms with E-state index < -0.39 is 12.1 Å². The van der Waals surface area contributed by atoms with Gasteiger partial charge in [0, 0.05) is 36.6 Å². The molecular formula is C27H44N6O4S2. The second-order valence-electron chi connectivity index (χ2n) is 10.3. The SMILES string of the molecule is CC[C@@H](CC[C@H](CC)NC(=O)C(NC(=O)N(C)Cc1csc(C(C)C)n1)C(C)C)NC(=O)OCc1cncs1. The minimum Gasteiger partial charge on any atom is -0.444 e. The number of carbonyl (C=O) groups excluding carboxylic acids is 3. The predicted molar refractivity (Wildman–Crippen MR) is 156 cm³/mol. The van der Waals surface area contributed by atoms with Crippen LogP contribution in [0.4, 0.5) is 9.59 Å². The van der Waals surface area contributed by atoms with Crippen LogP contribution in [-0.2, 0) is 22.7 Å². The van der Waals surface area contributed by atoms with Gasteiger partial charge < -0.3 is 25.6 Å². The maximum absolute atomic E-state index is 13.2. The van der Waals surface area contributed by atoms with Crippen molar-refractivity contribution < 1.29 is 19.1 Å². The summed E-state index contributed by atoms with van der Waals surface area (Å²) < 4.78 is 5.28. The largest absolute Gasteiger partial charge is 0.444 e. The molecule has 2 heterocycles. The molecule has 3 N–H and O–H groups in total. The molecule has 0 saturated carbocycles. The smallest absolute Gasteiger partial charge is 0.407 e. The molecule has 0 saturated heterocycles. The van der Waals surface area contributed by atoms with E-state index in [0.29, 0.717) is 25.3 Å². The lowest BCUT2D eigenvalue weighted by atomic mass is 10.00. The average Bonchev–Trinajstić information content (AvgIpc) is 3.59. The van der Waals surface area contributed by atoms with Gasteiger partial charge in [0.25, 0.3) is 0 Å². The van der Waals surface area contributed by atoms with E-state index in [2.05, 4.69) is 39.8 Å². The fraction of sp³-hybridized carbons (Fsp3) is 0.667. The molecular weight excluding hydrogens is 536 g/mol. The number of nitrogens with one attached hydrogen (secondary N) is 3. The number of hydrogen-bond donors (Lipinski definition) is 3. The van der Waals surface area contributed by atoms with Crippen LogP contribution >= 0.6 is 22.7 Å². The second kappa shape index (κ2) is 16.4. The van der Waals surface area contributed by atoms with E-state index in [4.69, 9.17) is 4.74 Å². The number of thiazole rings is 2. The van der Waals surface area contributed by atoms with E-state index in [1.807, 2.05) is 33.1 Å². The van der Waals surface area contributed by atoms with Gasteiger partial charge >= 0.3 is 12.1 Å². The number of nitrogens with zero attached hydrogens (tertiary/aromatic N) is 3. The third-order valence-corrected chi connectivity index (χ3v) is 8.33. The van der Waals surface area contributed by atoms with Crippen LogP contribution in [0.2, 0.25) is 0 Å². The number of amides is 4. The van der Waals surface area contributed by atoms with Crippen molar-refractivity contribution in [2.75, 3.05) is 7.05 Å². The number of carbonyl (C=O) groups is 3. The highest BCUT2D eigenvalue weighted by molar-refractivity contribution is 7.09. The first-order valence-electron chi connectivity index (χ1n) is 13.6. The Balaban J connectivity index is 1.85. The van der Waals surface area contributed by atoms with Crippen molar-refractivity contribution in [2.24, 2.45) is 5.92 Å². The standard InChI is InChI=1S/C27H44N6O4S2/c1-8-19(10-11-20(9-2)31-27(36)37-14-22-12-28-16-39-22)29-24(34)23(17(3)4)32-26(35)33(7)13-21-15-38-25(30-21)18(5)6/h12,15-20,23H,8-11,13-14H2,1-7H3,(H,29,34)(H,31,36)(H,32,35)/t19-,20-,23?/m0/s1. The Hall–Kier alpha value is -2.73. The minimum absolute atomic E-state index is 0.0684. The molecule has 3 atom stereocenters. The molecule has 0 bridgehead atoms. The maximum atomic E-state index is 13.2. The third kappa shape index (κ3) is 11.1. The summed E-state index contributed by atoms with van der Waals surface area (Å²) in [5.74, 6) is 0.0409. The molecule has 4 amide bonds. The topological polar surface area (TPSA) is 126 Å². The molecule has 0 spiro atoms. The average molecular weight is 581 g/mol. The molecule has 2 aromatic rings. The van der Waals surface area contributed by atoms with Crippen LogP contribution < -0.4 is 16.0 Å². The van der Waals surface area contributed by atoms with Crippen molar-refractivity contribution in [2.45, 2.75) is 104 Å². The lowest BCUT2D eigenvalue weighted by molar-refractivity contribution is -0.124. The summed E-state index contributed by atoms with van der Waals surface area (Å²) in [7, 11) is 1.70. The maximum Gasteiger partial charge on any atom is 0.407 e. The van der Waals surface area contributed by atoms with E-state index >= 15 is 0 Å². The van der Waals surface area contributed by atoms with Crippen molar-refractivity contribution in [3.8, 4) is 0 Å². The van der Waals surface area contributed by atoms with Crippen LogP contribution in [0.15, 0.2) is 17.1 Å². The molecule has 10 nitrogen and oxygen atoms in total. The highest BCUT2D eigenvalue weighted by Gasteiger charge is 2.27. The second-order valence-corrected chi connectivity index (χ2v) is 12.2. The molecule has 0 fully saturated rings. The molecule has 218 valence electrons. The van der Waals surface area contributed by atoms with Gasteiger partial charge in [-0.25, -0.2) is 14.6 Å². The van der Waals surface area contributed by atoms with E-state index in [1.54, 1.807) is 35.0 Å². The molecule has 0 aromatic carbocycles. The van der Waals surface area contributed by atoms with Crippen LogP contribution in [-0.4, -0.2) is 58.1 Å². The molecule has 2 aromatic heterocycles. The number of ether oxygens (including phenoxy) is 1. The molecule has 0 radical (unpaired) electrons. The number of alkyl carbamates (subject to hydrolysis) is 1. The van der Waals surface area contributed by atoms with Crippen LogP contribution in [0, 0.1) is 5.92 Å². The third-order valence-electron chi connectivity index (χ3n) is 6.38. The Kier molecular flexibility index (Phi) is 13.7. The Bertz CT molecular complexity index is 1030. The van der Waals surface area contributed by atoms with Crippen LogP contribution in [0.25, 0.3) is 0 Å². The summed E-state index contributed by atoms with van der Waals surface area (Å²) >= 11 is 3.03. The summed E-state index contributed by atoms with van der Waals surface area (Å²) in [6.07, 6.45) is 4.08. The van der Waals surface area contributed by atoms with E-state index in [-0.39, 0.29) is 36.5 Å². The van der Waals surface area contributed by atoms with Gasteiger partial charge in [0.05, 0.1) is 27.6 Å². The quantitative estimate of drug-likeness (QED) is 0.264. The van der Waals surface area contributed by atoms with Gasteiger partial charge in [-0.3, -0.25) is 9.78 Å². The van der Waals surface area contributed by atoms with Gasteiger partial charge in [0.1, 0.15) is 12.6 Å². The van der Waals surface area contributed by atoms with Gasteiger partial charge in [-0.1, -0.05) is 41.5 Å². The molecule has 0 aliphatic carbocycles. The first kappa shape index (κ1) is 32.5. The summed E-state index contributed by atoms with van der Waals surface area (Å²) in [6.45, 7) is 12.6. The highest BCUT2D eigenvalue weighted by Crippen LogP contribution is 2.20. The summed E-state index contributed by atoms with van der Waals surface area (Å²) in [5, 5.41) is 11.9. The fourth-order valence-corrected chi connectivity index (χ4v) is 5.19. The van der Waals surface area contributed by atoms with Gasteiger partial charge in [-0.05, 0) is 31.6 Å². The normalized spacial score (nSPS) is 13.6. The zero-order valence-corrected chi connectivity index (χ0v) is 25.8. The summed E-state index contributed by atoms with van der Waals surface area (Å²) in [5.41, 5.74) is 2.53. The Labute approximate surface area is 240 Å². The first-order chi connectivity index (χ1) is 18.5. The molecule has 1 unspecified atom stereocenters.